The van der Waals surface area contributed by atoms with Crippen LogP contribution in [0, 0.1) is 52.3 Å². The molecule has 4 rings (SSSR count). The normalized spacial score (nSPS) is 49.4. The first-order chi connectivity index (χ1) is 13.3. The van der Waals surface area contributed by atoms with Crippen LogP contribution >= 0.6 is 0 Å². The second kappa shape index (κ2) is 7.90. The summed E-state index contributed by atoms with van der Waals surface area (Å²) in [6, 6.07) is 0. The van der Waals surface area contributed by atoms with E-state index >= 15 is 0 Å². The van der Waals surface area contributed by atoms with E-state index in [0.29, 0.717) is 22.7 Å². The van der Waals surface area contributed by atoms with Crippen LogP contribution in [0.2, 0.25) is 0 Å². The summed E-state index contributed by atoms with van der Waals surface area (Å²) in [7, 11) is 0. The highest BCUT2D eigenvalue weighted by atomic mass is 16.3. The van der Waals surface area contributed by atoms with Gasteiger partial charge in [0.15, 0.2) is 0 Å². The third kappa shape index (κ3) is 3.40. The predicted octanol–water partition coefficient (Wildman–Crippen LogP) is 7.47. The van der Waals surface area contributed by atoms with Gasteiger partial charge in [-0.2, -0.15) is 0 Å². The molecular weight excluding hydrogens is 340 g/mol. The molecule has 1 nitrogen and oxygen atoms in total. The molecule has 0 saturated heterocycles. The molecule has 0 amide bonds. The molecule has 4 aliphatic rings. The second-order valence-electron chi connectivity index (χ2n) is 12.6. The summed E-state index contributed by atoms with van der Waals surface area (Å²) in [5.41, 5.74) is 1.02. The molecule has 1 N–H and O–H groups in total. The highest BCUT2D eigenvalue weighted by Gasteiger charge is 2.62. The van der Waals surface area contributed by atoms with Gasteiger partial charge in [-0.15, -0.1) is 0 Å². The van der Waals surface area contributed by atoms with E-state index in [4.69, 9.17) is 0 Å². The molecular formula is C27H48O. The van der Waals surface area contributed by atoms with Crippen molar-refractivity contribution in [2.45, 2.75) is 118 Å². The summed E-state index contributed by atoms with van der Waals surface area (Å²) in [6.07, 6.45) is 16.8. The van der Waals surface area contributed by atoms with Gasteiger partial charge < -0.3 is 5.11 Å². The molecule has 28 heavy (non-hydrogen) atoms. The van der Waals surface area contributed by atoms with Gasteiger partial charge in [0.25, 0.3) is 0 Å². The zero-order chi connectivity index (χ0) is 20.1. The molecule has 1 heteroatoms. The molecule has 162 valence electrons. The van der Waals surface area contributed by atoms with Gasteiger partial charge in [-0.3, -0.25) is 0 Å². The van der Waals surface area contributed by atoms with E-state index in [-0.39, 0.29) is 6.10 Å². The number of hydrogen-bond donors (Lipinski definition) is 1. The van der Waals surface area contributed by atoms with Gasteiger partial charge in [0, 0.05) is 0 Å². The Labute approximate surface area is 175 Å². The Morgan fingerprint density at radius 2 is 1.64 bits per heavy atom. The molecule has 4 saturated carbocycles. The summed E-state index contributed by atoms with van der Waals surface area (Å²) >= 11 is 0. The van der Waals surface area contributed by atoms with Gasteiger partial charge in [-0.05, 0) is 97.2 Å². The van der Waals surface area contributed by atoms with E-state index in [9.17, 15) is 5.11 Å². The van der Waals surface area contributed by atoms with Crippen molar-refractivity contribution in [2.75, 3.05) is 0 Å². The Morgan fingerprint density at radius 3 is 2.39 bits per heavy atom. The van der Waals surface area contributed by atoms with E-state index in [0.717, 1.165) is 36.0 Å². The summed E-state index contributed by atoms with van der Waals surface area (Å²) in [6.45, 7) is 12.4. The van der Waals surface area contributed by atoms with Crippen molar-refractivity contribution in [3.63, 3.8) is 0 Å². The minimum Gasteiger partial charge on any atom is -0.393 e. The third-order valence-electron chi connectivity index (χ3n) is 10.7. The first-order valence-corrected chi connectivity index (χ1v) is 13.0. The van der Waals surface area contributed by atoms with Gasteiger partial charge in [-0.25, -0.2) is 0 Å². The van der Waals surface area contributed by atoms with Gasteiger partial charge >= 0.3 is 0 Å². The first-order valence-electron chi connectivity index (χ1n) is 13.0. The lowest BCUT2D eigenvalue weighted by molar-refractivity contribution is -0.115. The van der Waals surface area contributed by atoms with Crippen molar-refractivity contribution in [1.29, 1.82) is 0 Å². The lowest BCUT2D eigenvalue weighted by Gasteiger charge is -2.60. The first kappa shape index (κ1) is 21.2. The van der Waals surface area contributed by atoms with Crippen molar-refractivity contribution < 1.29 is 5.11 Å². The lowest BCUT2D eigenvalue weighted by atomic mass is 9.44. The van der Waals surface area contributed by atoms with Gasteiger partial charge in [0.2, 0.25) is 0 Å². The lowest BCUT2D eigenvalue weighted by Crippen LogP contribution is -2.53. The molecule has 0 bridgehead atoms. The Morgan fingerprint density at radius 1 is 0.857 bits per heavy atom. The molecule has 9 atom stereocenters. The van der Waals surface area contributed by atoms with Crippen molar-refractivity contribution in [1.82, 2.24) is 0 Å². The molecule has 0 aromatic rings. The van der Waals surface area contributed by atoms with Gasteiger partial charge in [0.1, 0.15) is 0 Å². The van der Waals surface area contributed by atoms with Crippen LogP contribution < -0.4 is 0 Å². The molecule has 4 aliphatic carbocycles. The quantitative estimate of drug-likeness (QED) is 0.518. The van der Waals surface area contributed by atoms with Crippen LogP contribution in [0.3, 0.4) is 0 Å². The van der Waals surface area contributed by atoms with E-state index in [1.54, 1.807) is 0 Å². The largest absolute Gasteiger partial charge is 0.393 e. The van der Waals surface area contributed by atoms with Crippen molar-refractivity contribution in [2.24, 2.45) is 52.3 Å². The highest BCUT2D eigenvalue weighted by Crippen LogP contribution is 2.68. The van der Waals surface area contributed by atoms with Gasteiger partial charge in [-0.1, -0.05) is 66.7 Å². The van der Waals surface area contributed by atoms with Crippen LogP contribution in [0.1, 0.15) is 112 Å². The SMILES string of the molecule is CC(C)CCCC(C)C1[C@@H](O)C[C@H]2[C@@H]3CC[C@H]4CCCC[C@]4(C)[C@H]3CC[C@]12C. The van der Waals surface area contributed by atoms with Crippen LogP contribution in [0.25, 0.3) is 0 Å². The Bertz CT molecular complexity index is 540. The van der Waals surface area contributed by atoms with Crippen molar-refractivity contribution >= 4 is 0 Å². The van der Waals surface area contributed by atoms with Crippen LogP contribution in [0.15, 0.2) is 0 Å². The van der Waals surface area contributed by atoms with E-state index in [1.165, 1.54) is 70.6 Å². The number of rotatable bonds is 5. The summed E-state index contributed by atoms with van der Waals surface area (Å²) in [4.78, 5) is 0. The summed E-state index contributed by atoms with van der Waals surface area (Å²) in [5.74, 6) is 5.69. The standard InChI is InChI=1S/C27H48O/c1-18(2)9-8-10-19(3)25-24(28)17-23-21-13-12-20-11-6-7-15-26(20,4)22(21)14-16-27(23,25)5/h18-25,28H,6-17H2,1-5H3/t19?,20-,21-,22+,23+,24+,25?,26+,27+/m1/s1. The molecule has 0 spiro atoms. The average molecular weight is 389 g/mol. The Kier molecular flexibility index (Phi) is 5.98. The smallest absolute Gasteiger partial charge is 0.0579 e. The number of hydrogen-bond acceptors (Lipinski definition) is 1. The van der Waals surface area contributed by atoms with E-state index < -0.39 is 0 Å². The summed E-state index contributed by atoms with van der Waals surface area (Å²) < 4.78 is 0. The molecule has 2 unspecified atom stereocenters. The van der Waals surface area contributed by atoms with Crippen molar-refractivity contribution in [3.8, 4) is 0 Å². The molecule has 0 aliphatic heterocycles. The minimum absolute atomic E-state index is 0.0420. The van der Waals surface area contributed by atoms with Crippen molar-refractivity contribution in [3.05, 3.63) is 0 Å². The maximum Gasteiger partial charge on any atom is 0.0579 e. The molecule has 0 aromatic carbocycles. The van der Waals surface area contributed by atoms with Crippen LogP contribution in [-0.4, -0.2) is 11.2 Å². The van der Waals surface area contributed by atoms with Crippen LogP contribution in [-0.2, 0) is 0 Å². The molecule has 0 radical (unpaired) electrons. The zero-order valence-corrected chi connectivity index (χ0v) is 19.6. The number of aliphatic hydroxyl groups is 1. The summed E-state index contributed by atoms with van der Waals surface area (Å²) in [5, 5.41) is 11.3. The number of fused-ring (bicyclic) bond motifs is 5. The minimum atomic E-state index is -0.0420. The Hall–Kier alpha value is -0.0400. The second-order valence-corrected chi connectivity index (χ2v) is 12.6. The predicted molar refractivity (Wildman–Crippen MR) is 119 cm³/mol. The molecule has 0 heterocycles. The van der Waals surface area contributed by atoms with Gasteiger partial charge in [0.05, 0.1) is 6.10 Å². The Balaban J connectivity index is 1.51. The fourth-order valence-electron chi connectivity index (χ4n) is 9.40. The fraction of sp³-hybridized carbons (Fsp3) is 1.00. The average Bonchev–Trinajstić information content (AvgIpc) is 2.91. The maximum atomic E-state index is 11.3. The van der Waals surface area contributed by atoms with Crippen LogP contribution in [0.5, 0.6) is 0 Å². The van der Waals surface area contributed by atoms with Crippen LogP contribution in [0.4, 0.5) is 0 Å². The van der Waals surface area contributed by atoms with E-state index in [1.807, 2.05) is 0 Å². The molecule has 4 fully saturated rings. The van der Waals surface area contributed by atoms with E-state index in [2.05, 4.69) is 34.6 Å². The topological polar surface area (TPSA) is 20.2 Å². The third-order valence-corrected chi connectivity index (χ3v) is 10.7. The monoisotopic (exact) mass is 388 g/mol. The maximum absolute atomic E-state index is 11.3. The molecule has 0 aromatic heterocycles. The highest BCUT2D eigenvalue weighted by molar-refractivity contribution is 5.11. The fourth-order valence-corrected chi connectivity index (χ4v) is 9.40. The zero-order valence-electron chi connectivity index (χ0n) is 19.6. The number of aliphatic hydroxyl groups excluding tert-OH is 1.